The van der Waals surface area contributed by atoms with Crippen molar-refractivity contribution in [3.05, 3.63) is 117 Å². The van der Waals surface area contributed by atoms with E-state index < -0.39 is 0 Å². The van der Waals surface area contributed by atoms with E-state index in [0.29, 0.717) is 0 Å². The summed E-state index contributed by atoms with van der Waals surface area (Å²) in [5.41, 5.74) is 8.57. The molecule has 0 N–H and O–H groups in total. The van der Waals surface area contributed by atoms with Crippen LogP contribution in [0.2, 0.25) is 0 Å². The van der Waals surface area contributed by atoms with Gasteiger partial charge >= 0.3 is 0 Å². The second-order valence-electron chi connectivity index (χ2n) is 7.36. The number of hydrogen-bond acceptors (Lipinski definition) is 1. The highest BCUT2D eigenvalue weighted by Crippen LogP contribution is 2.38. The lowest BCUT2D eigenvalue weighted by Gasteiger charge is -2.31. The Morgan fingerprint density at radius 2 is 1.19 bits per heavy atom. The Labute approximate surface area is 160 Å². The van der Waals surface area contributed by atoms with Crippen LogP contribution in [0.3, 0.4) is 0 Å². The van der Waals surface area contributed by atoms with E-state index in [9.17, 15) is 5.21 Å². The molecule has 4 rings (SSSR count). The van der Waals surface area contributed by atoms with E-state index >= 15 is 0 Å². The molecule has 0 spiro atoms. The van der Waals surface area contributed by atoms with Gasteiger partial charge in [-0.25, -0.2) is 0 Å². The van der Waals surface area contributed by atoms with Crippen LogP contribution in [0.15, 0.2) is 78.4 Å². The van der Waals surface area contributed by atoms with Crippen molar-refractivity contribution in [1.82, 2.24) is 0 Å². The maximum atomic E-state index is 13.0. The molecule has 0 amide bonds. The van der Waals surface area contributed by atoms with Crippen LogP contribution in [0.25, 0.3) is 6.08 Å². The summed E-state index contributed by atoms with van der Waals surface area (Å²) < 4.78 is 1.15. The molecular formula is C25H23NO. The molecule has 0 aromatic heterocycles. The van der Waals surface area contributed by atoms with Gasteiger partial charge in [0.15, 0.2) is 0 Å². The summed E-state index contributed by atoms with van der Waals surface area (Å²) in [6.45, 7) is 6.20. The fraction of sp³-hybridized carbons (Fsp3) is 0.160. The first-order valence-electron chi connectivity index (χ1n) is 9.28. The quantitative estimate of drug-likeness (QED) is 0.435. The van der Waals surface area contributed by atoms with Crippen LogP contribution in [0.1, 0.15) is 39.4 Å². The lowest BCUT2D eigenvalue weighted by Crippen LogP contribution is -2.37. The van der Waals surface area contributed by atoms with Crippen LogP contribution in [-0.2, 0) is 0 Å². The van der Waals surface area contributed by atoms with Crippen LogP contribution in [0, 0.1) is 26.0 Å². The molecule has 1 atom stereocenters. The van der Waals surface area contributed by atoms with E-state index in [0.717, 1.165) is 32.7 Å². The van der Waals surface area contributed by atoms with Crippen LogP contribution < -0.4 is 0 Å². The van der Waals surface area contributed by atoms with Gasteiger partial charge in [-0.2, -0.15) is 4.74 Å². The number of benzene rings is 3. The lowest BCUT2D eigenvalue weighted by molar-refractivity contribution is -0.516. The van der Waals surface area contributed by atoms with Crippen LogP contribution in [-0.4, -0.2) is 10.5 Å². The molecule has 134 valence electrons. The van der Waals surface area contributed by atoms with Gasteiger partial charge in [-0.3, -0.25) is 0 Å². The largest absolute Gasteiger partial charge is 0.623 e. The number of aryl methyl sites for hydroxylation is 3. The minimum absolute atomic E-state index is 0.261. The summed E-state index contributed by atoms with van der Waals surface area (Å²) >= 11 is 0. The summed E-state index contributed by atoms with van der Waals surface area (Å²) in [6.07, 6.45) is 2.15. The highest BCUT2D eigenvalue weighted by atomic mass is 16.5. The van der Waals surface area contributed by atoms with Crippen LogP contribution in [0.4, 0.5) is 0 Å². The number of nitrogens with zero attached hydrogens (tertiary/aromatic N) is 1. The smallest absolute Gasteiger partial charge is 0.229 e. The van der Waals surface area contributed by atoms with Gasteiger partial charge in [0.1, 0.15) is 0 Å². The normalized spacial score (nSPS) is 17.9. The van der Waals surface area contributed by atoms with Gasteiger partial charge in [-0.05, 0) is 44.5 Å². The average molecular weight is 353 g/mol. The van der Waals surface area contributed by atoms with E-state index in [1.54, 1.807) is 0 Å². The molecule has 0 fully saturated rings. The van der Waals surface area contributed by atoms with Crippen molar-refractivity contribution in [3.63, 3.8) is 0 Å². The molecule has 0 aliphatic carbocycles. The van der Waals surface area contributed by atoms with Gasteiger partial charge in [-0.15, -0.1) is 0 Å². The lowest BCUT2D eigenvalue weighted by atomic mass is 9.84. The molecule has 1 unspecified atom stereocenters. The molecule has 3 aromatic rings. The maximum Gasteiger partial charge on any atom is 0.229 e. The Kier molecular flexibility index (Phi) is 4.41. The summed E-state index contributed by atoms with van der Waals surface area (Å²) in [7, 11) is 0. The van der Waals surface area contributed by atoms with Gasteiger partial charge in [0.25, 0.3) is 0 Å². The molecule has 27 heavy (non-hydrogen) atoms. The van der Waals surface area contributed by atoms with E-state index in [2.05, 4.69) is 87.5 Å². The Bertz CT molecular complexity index is 1020. The zero-order valence-electron chi connectivity index (χ0n) is 15.9. The van der Waals surface area contributed by atoms with Crippen molar-refractivity contribution in [2.24, 2.45) is 0 Å². The first-order valence-corrected chi connectivity index (χ1v) is 9.28. The van der Waals surface area contributed by atoms with Gasteiger partial charge in [0.2, 0.25) is 11.8 Å². The van der Waals surface area contributed by atoms with E-state index in [1.807, 2.05) is 12.1 Å². The number of hydroxylamine groups is 1. The summed E-state index contributed by atoms with van der Waals surface area (Å²) in [5, 5.41) is 13.0. The van der Waals surface area contributed by atoms with Crippen molar-refractivity contribution in [3.8, 4) is 0 Å². The van der Waals surface area contributed by atoms with Gasteiger partial charge < -0.3 is 5.21 Å². The minimum atomic E-state index is -0.261. The zero-order chi connectivity index (χ0) is 19.0. The van der Waals surface area contributed by atoms with E-state index in [4.69, 9.17) is 0 Å². The standard InChI is InChI=1S/C25H23NO/c1-17-4-10-20(11-5-17)16-23-24(21-12-6-18(2)7-13-21)26(27)25(23)22-14-8-19(3)9-15-22/h4-16,24H,1-3H3/b23-16+. The minimum Gasteiger partial charge on any atom is -0.623 e. The van der Waals surface area contributed by atoms with E-state index in [1.165, 1.54) is 16.7 Å². The van der Waals surface area contributed by atoms with Gasteiger partial charge in [-0.1, -0.05) is 77.4 Å². The van der Waals surface area contributed by atoms with Crippen LogP contribution >= 0.6 is 0 Å². The number of rotatable bonds is 3. The maximum absolute atomic E-state index is 13.0. The van der Waals surface area contributed by atoms with Crippen LogP contribution in [0.5, 0.6) is 0 Å². The SMILES string of the molecule is Cc1ccc(/C=C2/C(c3ccc(C)cc3)=[N+]([O-])C2c2ccc(C)cc2)cc1. The summed E-state index contributed by atoms with van der Waals surface area (Å²) in [5.74, 6) is 0. The Hall–Kier alpha value is -3.13. The van der Waals surface area contributed by atoms with E-state index in [-0.39, 0.29) is 6.04 Å². The topological polar surface area (TPSA) is 26.1 Å². The summed E-state index contributed by atoms with van der Waals surface area (Å²) in [4.78, 5) is 0. The zero-order valence-corrected chi connectivity index (χ0v) is 15.9. The first-order chi connectivity index (χ1) is 13.0. The predicted octanol–water partition coefficient (Wildman–Crippen LogP) is 5.75. The molecule has 0 saturated carbocycles. The second-order valence-corrected chi connectivity index (χ2v) is 7.36. The first kappa shape index (κ1) is 17.3. The molecule has 2 heteroatoms. The molecule has 1 aliphatic heterocycles. The molecule has 1 aliphatic rings. The number of hydrogen-bond donors (Lipinski definition) is 0. The van der Waals surface area contributed by atoms with Crippen molar-refractivity contribution in [2.75, 3.05) is 0 Å². The predicted molar refractivity (Wildman–Crippen MR) is 112 cm³/mol. The monoisotopic (exact) mass is 353 g/mol. The molecule has 0 saturated heterocycles. The Balaban J connectivity index is 1.82. The fourth-order valence-electron chi connectivity index (χ4n) is 3.50. The fourth-order valence-corrected chi connectivity index (χ4v) is 3.50. The highest BCUT2D eigenvalue weighted by molar-refractivity contribution is 6.15. The Morgan fingerprint density at radius 3 is 1.74 bits per heavy atom. The molecule has 0 bridgehead atoms. The third-order valence-electron chi connectivity index (χ3n) is 5.14. The average Bonchev–Trinajstić information content (AvgIpc) is 2.66. The van der Waals surface area contributed by atoms with Crippen molar-refractivity contribution >= 4 is 11.8 Å². The third kappa shape index (κ3) is 3.31. The molecule has 0 radical (unpaired) electrons. The molecule has 3 aromatic carbocycles. The van der Waals surface area contributed by atoms with Gasteiger partial charge in [0.05, 0.1) is 5.57 Å². The summed E-state index contributed by atoms with van der Waals surface area (Å²) in [6, 6.07) is 24.6. The van der Waals surface area contributed by atoms with Crippen molar-refractivity contribution < 1.29 is 4.74 Å². The molecule has 1 heterocycles. The third-order valence-corrected chi connectivity index (χ3v) is 5.14. The second kappa shape index (κ2) is 6.88. The van der Waals surface area contributed by atoms with Crippen molar-refractivity contribution in [2.45, 2.75) is 26.8 Å². The van der Waals surface area contributed by atoms with Crippen molar-refractivity contribution in [1.29, 1.82) is 0 Å². The highest BCUT2D eigenvalue weighted by Gasteiger charge is 2.43. The Morgan fingerprint density at radius 1 is 0.704 bits per heavy atom. The van der Waals surface area contributed by atoms with Gasteiger partial charge in [0, 0.05) is 11.1 Å². The molecular weight excluding hydrogens is 330 g/mol. The molecule has 2 nitrogen and oxygen atoms in total.